The highest BCUT2D eigenvalue weighted by molar-refractivity contribution is 8.01. The van der Waals surface area contributed by atoms with Crippen molar-refractivity contribution in [2.24, 2.45) is 5.92 Å². The van der Waals surface area contributed by atoms with Gasteiger partial charge >= 0.3 is 0 Å². The molecule has 1 aromatic carbocycles. The summed E-state index contributed by atoms with van der Waals surface area (Å²) < 4.78 is 6.39. The number of para-hydroxylation sites is 2. The molecule has 27 heavy (non-hydrogen) atoms. The maximum Gasteiger partial charge on any atom is 0.230 e. The van der Waals surface area contributed by atoms with Gasteiger partial charge in [-0.05, 0) is 37.8 Å². The number of anilines is 2. The van der Waals surface area contributed by atoms with Gasteiger partial charge < -0.3 is 15.4 Å². The average molecular weight is 407 g/mol. The van der Waals surface area contributed by atoms with Gasteiger partial charge in [-0.3, -0.25) is 4.79 Å². The number of aromatic nitrogens is 2. The van der Waals surface area contributed by atoms with E-state index >= 15 is 0 Å². The Labute approximate surface area is 168 Å². The van der Waals surface area contributed by atoms with Gasteiger partial charge in [0.1, 0.15) is 5.75 Å². The number of carbonyl (C=O) groups is 1. The van der Waals surface area contributed by atoms with Gasteiger partial charge in [-0.15, -0.1) is 10.2 Å². The summed E-state index contributed by atoms with van der Waals surface area (Å²) in [5, 5.41) is 15.4. The SMILES string of the molecule is CCOc1ccccc1Nc1nnc(SCC(=O)N[C@@H]2CCCC[C@@H]2C)s1. The molecular weight excluding hydrogens is 380 g/mol. The van der Waals surface area contributed by atoms with E-state index in [9.17, 15) is 4.79 Å². The first-order chi connectivity index (χ1) is 13.2. The molecule has 1 fully saturated rings. The Kier molecular flexibility index (Phi) is 7.34. The van der Waals surface area contributed by atoms with E-state index in [1.807, 2.05) is 31.2 Å². The van der Waals surface area contributed by atoms with Crippen molar-refractivity contribution in [2.45, 2.75) is 49.9 Å². The van der Waals surface area contributed by atoms with E-state index in [1.54, 1.807) is 0 Å². The lowest BCUT2D eigenvalue weighted by Crippen LogP contribution is -2.41. The van der Waals surface area contributed by atoms with Crippen LogP contribution in [-0.2, 0) is 4.79 Å². The Bertz CT molecular complexity index is 753. The molecule has 1 amide bonds. The van der Waals surface area contributed by atoms with Gasteiger partial charge in [0.05, 0.1) is 18.0 Å². The summed E-state index contributed by atoms with van der Waals surface area (Å²) in [6.07, 6.45) is 4.77. The third kappa shape index (κ3) is 5.84. The van der Waals surface area contributed by atoms with Gasteiger partial charge in [0.15, 0.2) is 4.34 Å². The van der Waals surface area contributed by atoms with Crippen LogP contribution in [0.25, 0.3) is 0 Å². The number of thioether (sulfide) groups is 1. The summed E-state index contributed by atoms with van der Waals surface area (Å²) >= 11 is 2.86. The van der Waals surface area contributed by atoms with Crippen molar-refractivity contribution in [3.8, 4) is 5.75 Å². The van der Waals surface area contributed by atoms with Crippen LogP contribution < -0.4 is 15.4 Å². The van der Waals surface area contributed by atoms with Crippen molar-refractivity contribution in [3.63, 3.8) is 0 Å². The Morgan fingerprint density at radius 3 is 2.93 bits per heavy atom. The zero-order valence-electron chi connectivity index (χ0n) is 15.7. The number of hydrogen-bond donors (Lipinski definition) is 2. The molecule has 0 spiro atoms. The standard InChI is InChI=1S/C19H26N4O2S2/c1-3-25-16-11-7-6-10-15(16)21-18-22-23-19(27-18)26-12-17(24)20-14-9-5-4-8-13(14)2/h6-7,10-11,13-14H,3-5,8-9,12H2,1-2H3,(H,20,24)(H,21,22)/t13-,14+/m0/s1. The van der Waals surface area contributed by atoms with E-state index in [0.717, 1.165) is 22.2 Å². The van der Waals surface area contributed by atoms with Crippen LogP contribution in [0.1, 0.15) is 39.5 Å². The molecule has 1 aromatic heterocycles. The second kappa shape index (κ2) is 9.94. The summed E-state index contributed by atoms with van der Waals surface area (Å²) in [6.45, 7) is 4.78. The molecule has 1 saturated carbocycles. The Hall–Kier alpha value is -1.80. The van der Waals surface area contributed by atoms with E-state index in [-0.39, 0.29) is 5.91 Å². The van der Waals surface area contributed by atoms with Crippen molar-refractivity contribution in [3.05, 3.63) is 24.3 Å². The second-order valence-corrected chi connectivity index (χ2v) is 8.85. The third-order valence-corrected chi connectivity index (χ3v) is 6.59. The number of rotatable bonds is 8. The lowest BCUT2D eigenvalue weighted by molar-refractivity contribution is -0.119. The number of nitrogens with one attached hydrogen (secondary N) is 2. The van der Waals surface area contributed by atoms with Crippen molar-refractivity contribution in [1.82, 2.24) is 15.5 Å². The van der Waals surface area contributed by atoms with Gasteiger partial charge in [-0.1, -0.05) is 55.0 Å². The van der Waals surface area contributed by atoms with Gasteiger partial charge in [0.2, 0.25) is 11.0 Å². The Balaban J connectivity index is 1.50. The van der Waals surface area contributed by atoms with Crippen LogP contribution in [0.15, 0.2) is 28.6 Å². The van der Waals surface area contributed by atoms with Gasteiger partial charge in [-0.2, -0.15) is 0 Å². The van der Waals surface area contributed by atoms with Gasteiger partial charge in [0.25, 0.3) is 0 Å². The average Bonchev–Trinajstić information content (AvgIpc) is 3.11. The fraction of sp³-hybridized carbons (Fsp3) is 0.526. The lowest BCUT2D eigenvalue weighted by Gasteiger charge is -2.29. The maximum absolute atomic E-state index is 12.2. The summed E-state index contributed by atoms with van der Waals surface area (Å²) in [6, 6.07) is 8.05. The van der Waals surface area contributed by atoms with Crippen LogP contribution >= 0.6 is 23.1 Å². The highest BCUT2D eigenvalue weighted by Gasteiger charge is 2.22. The molecule has 8 heteroatoms. The molecule has 0 bridgehead atoms. The fourth-order valence-corrected chi connectivity index (χ4v) is 4.77. The van der Waals surface area contributed by atoms with Crippen LogP contribution in [0.3, 0.4) is 0 Å². The smallest absolute Gasteiger partial charge is 0.230 e. The minimum atomic E-state index is 0.0742. The van der Waals surface area contributed by atoms with Crippen LogP contribution in [0.5, 0.6) is 5.75 Å². The topological polar surface area (TPSA) is 76.1 Å². The van der Waals surface area contributed by atoms with E-state index in [1.165, 1.54) is 42.4 Å². The van der Waals surface area contributed by atoms with Gasteiger partial charge in [0, 0.05) is 6.04 Å². The van der Waals surface area contributed by atoms with Crippen LogP contribution in [0.4, 0.5) is 10.8 Å². The monoisotopic (exact) mass is 406 g/mol. The highest BCUT2D eigenvalue weighted by Crippen LogP contribution is 2.31. The zero-order chi connectivity index (χ0) is 19.1. The van der Waals surface area contributed by atoms with Crippen LogP contribution in [0, 0.1) is 5.92 Å². The van der Waals surface area contributed by atoms with Gasteiger partial charge in [-0.25, -0.2) is 0 Å². The van der Waals surface area contributed by atoms with E-state index in [2.05, 4.69) is 27.8 Å². The van der Waals surface area contributed by atoms with Crippen molar-refractivity contribution >= 4 is 39.8 Å². The molecule has 3 rings (SSSR count). The minimum Gasteiger partial charge on any atom is -0.492 e. The molecule has 6 nitrogen and oxygen atoms in total. The molecule has 146 valence electrons. The first-order valence-electron chi connectivity index (χ1n) is 9.40. The first-order valence-corrected chi connectivity index (χ1v) is 11.2. The molecule has 1 aliphatic carbocycles. The summed E-state index contributed by atoms with van der Waals surface area (Å²) in [7, 11) is 0. The molecule has 0 saturated heterocycles. The lowest BCUT2D eigenvalue weighted by atomic mass is 9.86. The van der Waals surface area contributed by atoms with Crippen LogP contribution in [-0.4, -0.2) is 34.5 Å². The predicted molar refractivity (Wildman–Crippen MR) is 111 cm³/mol. The summed E-state index contributed by atoms with van der Waals surface area (Å²) in [5.74, 6) is 1.79. The highest BCUT2D eigenvalue weighted by atomic mass is 32.2. The maximum atomic E-state index is 12.2. The molecule has 2 N–H and O–H groups in total. The predicted octanol–water partition coefficient (Wildman–Crippen LogP) is 4.47. The molecule has 0 radical (unpaired) electrons. The van der Waals surface area contributed by atoms with Crippen LogP contribution in [0.2, 0.25) is 0 Å². The number of benzene rings is 1. The van der Waals surface area contributed by atoms with E-state index in [0.29, 0.717) is 29.5 Å². The summed E-state index contributed by atoms with van der Waals surface area (Å²) in [4.78, 5) is 12.2. The Morgan fingerprint density at radius 1 is 1.30 bits per heavy atom. The van der Waals surface area contributed by atoms with E-state index in [4.69, 9.17) is 4.74 Å². The number of hydrogen-bond acceptors (Lipinski definition) is 7. The number of nitrogens with zero attached hydrogens (tertiary/aromatic N) is 2. The fourth-order valence-electron chi connectivity index (χ4n) is 3.19. The molecule has 1 heterocycles. The third-order valence-electron chi connectivity index (χ3n) is 4.62. The molecule has 1 aliphatic rings. The zero-order valence-corrected chi connectivity index (χ0v) is 17.4. The molecular formula is C19H26N4O2S2. The molecule has 0 unspecified atom stereocenters. The van der Waals surface area contributed by atoms with Crippen molar-refractivity contribution in [2.75, 3.05) is 17.7 Å². The number of carbonyl (C=O) groups excluding carboxylic acids is 1. The largest absolute Gasteiger partial charge is 0.492 e. The molecule has 2 atom stereocenters. The molecule has 0 aliphatic heterocycles. The second-order valence-electron chi connectivity index (χ2n) is 6.65. The van der Waals surface area contributed by atoms with E-state index < -0.39 is 0 Å². The van der Waals surface area contributed by atoms with Crippen molar-refractivity contribution < 1.29 is 9.53 Å². The number of amides is 1. The molecule has 2 aromatic rings. The first kappa shape index (κ1) is 19.9. The number of ether oxygens (including phenoxy) is 1. The minimum absolute atomic E-state index is 0.0742. The van der Waals surface area contributed by atoms with Crippen molar-refractivity contribution in [1.29, 1.82) is 0 Å². The Morgan fingerprint density at radius 2 is 2.11 bits per heavy atom. The normalized spacial score (nSPS) is 19.5. The summed E-state index contributed by atoms with van der Waals surface area (Å²) in [5.41, 5.74) is 0.857. The quantitative estimate of drug-likeness (QED) is 0.630.